The highest BCUT2D eigenvalue weighted by Gasteiger charge is 2.16. The topological polar surface area (TPSA) is 108 Å². The highest BCUT2D eigenvalue weighted by atomic mass is 32.2. The highest BCUT2D eigenvalue weighted by Crippen LogP contribution is 2.31. The summed E-state index contributed by atoms with van der Waals surface area (Å²) in [7, 11) is -2.18. The summed E-state index contributed by atoms with van der Waals surface area (Å²) in [6, 6.07) is 11.2. The number of aryl methyl sites for hydroxylation is 2. The summed E-state index contributed by atoms with van der Waals surface area (Å²) in [6.07, 6.45) is 7.29. The molecular formula is C31H44O8S. The summed E-state index contributed by atoms with van der Waals surface area (Å²) in [5.74, 6) is 0.316. The molecule has 0 bridgehead atoms. The molecule has 0 unspecified atom stereocenters. The van der Waals surface area contributed by atoms with Gasteiger partial charge < -0.3 is 23.5 Å². The third-order valence-electron chi connectivity index (χ3n) is 6.32. The number of carbonyl (C=O) groups is 1. The molecule has 8 nitrogen and oxygen atoms in total. The summed E-state index contributed by atoms with van der Waals surface area (Å²) in [6.45, 7) is 7.55. The van der Waals surface area contributed by atoms with Crippen molar-refractivity contribution in [1.29, 1.82) is 0 Å². The van der Waals surface area contributed by atoms with Gasteiger partial charge in [-0.05, 0) is 85.9 Å². The van der Waals surface area contributed by atoms with Gasteiger partial charge in [0.15, 0.2) is 11.5 Å². The van der Waals surface area contributed by atoms with Crippen LogP contribution >= 0.6 is 0 Å². The van der Waals surface area contributed by atoms with E-state index in [1.807, 2.05) is 44.2 Å². The van der Waals surface area contributed by atoms with Crippen LogP contribution in [0, 0.1) is 0 Å². The molecule has 1 N–H and O–H groups in total. The van der Waals surface area contributed by atoms with E-state index in [9.17, 15) is 18.3 Å². The highest BCUT2D eigenvalue weighted by molar-refractivity contribution is 7.87. The Balaban J connectivity index is 2.16. The van der Waals surface area contributed by atoms with E-state index in [4.69, 9.17) is 18.4 Å². The van der Waals surface area contributed by atoms with Crippen LogP contribution in [0.15, 0.2) is 42.5 Å². The number of aliphatic carboxylic acids is 1. The molecule has 2 rings (SSSR count). The van der Waals surface area contributed by atoms with Gasteiger partial charge in [0, 0.05) is 12.7 Å². The van der Waals surface area contributed by atoms with Gasteiger partial charge in [0.05, 0.1) is 26.1 Å². The molecule has 9 heteroatoms. The van der Waals surface area contributed by atoms with E-state index < -0.39 is 16.1 Å². The molecule has 0 amide bonds. The van der Waals surface area contributed by atoms with Crippen LogP contribution < -0.4 is 13.7 Å². The summed E-state index contributed by atoms with van der Waals surface area (Å²) in [5.41, 5.74) is 3.56. The zero-order valence-electron chi connectivity index (χ0n) is 24.2. The van der Waals surface area contributed by atoms with Crippen LogP contribution in [0.1, 0.15) is 76.0 Å². The maximum absolute atomic E-state index is 12.2. The Kier molecular flexibility index (Phi) is 14.6. The Morgan fingerprint density at radius 2 is 1.68 bits per heavy atom. The molecule has 0 radical (unpaired) electrons. The van der Waals surface area contributed by atoms with Gasteiger partial charge in [-0.3, -0.25) is 0 Å². The Bertz CT molecular complexity index is 1200. The Hall–Kier alpha value is -3.04. The van der Waals surface area contributed by atoms with E-state index in [1.54, 1.807) is 6.07 Å². The van der Waals surface area contributed by atoms with E-state index in [0.717, 1.165) is 61.0 Å². The molecule has 0 fully saturated rings. The van der Waals surface area contributed by atoms with Crippen molar-refractivity contribution in [1.82, 2.24) is 0 Å². The minimum Gasteiger partial charge on any atom is -0.493 e. The van der Waals surface area contributed by atoms with E-state index >= 15 is 0 Å². The lowest BCUT2D eigenvalue weighted by atomic mass is 9.97. The van der Waals surface area contributed by atoms with Crippen molar-refractivity contribution in [3.8, 4) is 17.2 Å². The first-order chi connectivity index (χ1) is 19.2. The summed E-state index contributed by atoms with van der Waals surface area (Å²) >= 11 is 0. The standard InChI is InChI=1S/C31H44O8S/c1-5-8-18-38-29-22-26(27(23-31(32)33)17-19-37-7-3)15-14-25(29)12-10-11-24-13-16-28(30(21-24)36-4)39-40(34,35)20-9-6-2/h13-16,21-23H,5-12,17-20H2,1-4H3,(H,32,33)/b27-23-. The maximum atomic E-state index is 12.2. The number of unbranched alkanes of at least 4 members (excludes halogenated alkanes) is 2. The number of rotatable bonds is 20. The van der Waals surface area contributed by atoms with Gasteiger partial charge >= 0.3 is 16.1 Å². The van der Waals surface area contributed by atoms with E-state index in [2.05, 4.69) is 6.92 Å². The normalized spacial score (nSPS) is 11.8. The largest absolute Gasteiger partial charge is 0.493 e. The second-order valence-corrected chi connectivity index (χ2v) is 11.2. The van der Waals surface area contributed by atoms with Crippen molar-refractivity contribution in [2.75, 3.05) is 32.7 Å². The van der Waals surface area contributed by atoms with Gasteiger partial charge in [-0.25, -0.2) is 4.79 Å². The van der Waals surface area contributed by atoms with Crippen LogP contribution in [0.2, 0.25) is 0 Å². The molecule has 0 aliphatic rings. The molecule has 0 atom stereocenters. The number of benzene rings is 2. The van der Waals surface area contributed by atoms with Crippen LogP contribution in [0.5, 0.6) is 17.2 Å². The Morgan fingerprint density at radius 3 is 2.35 bits per heavy atom. The lowest BCUT2D eigenvalue weighted by Crippen LogP contribution is -2.14. The average Bonchev–Trinajstić information content (AvgIpc) is 2.92. The first-order valence-corrected chi connectivity index (χ1v) is 15.7. The minimum atomic E-state index is -3.67. The fraction of sp³-hybridized carbons (Fsp3) is 0.516. The molecule has 0 heterocycles. The van der Waals surface area contributed by atoms with Crippen LogP contribution in [-0.2, 0) is 32.5 Å². The van der Waals surface area contributed by atoms with Crippen molar-refractivity contribution in [3.63, 3.8) is 0 Å². The monoisotopic (exact) mass is 576 g/mol. The van der Waals surface area contributed by atoms with Crippen LogP contribution in [0.4, 0.5) is 0 Å². The van der Waals surface area contributed by atoms with Crippen molar-refractivity contribution >= 4 is 21.7 Å². The number of carboxylic acids is 1. The fourth-order valence-electron chi connectivity index (χ4n) is 4.12. The van der Waals surface area contributed by atoms with Gasteiger partial charge in [0.25, 0.3) is 0 Å². The molecule has 0 saturated heterocycles. The lowest BCUT2D eigenvalue weighted by molar-refractivity contribution is -0.131. The SMILES string of the molecule is CCCCOc1cc(/C(=C\C(=O)O)CCOCC)ccc1CCCc1ccc(OS(=O)(=O)CCCC)c(OC)c1. The number of ether oxygens (including phenoxy) is 3. The lowest BCUT2D eigenvalue weighted by Gasteiger charge is -2.15. The van der Waals surface area contributed by atoms with E-state index in [0.29, 0.717) is 44.0 Å². The molecule has 222 valence electrons. The molecule has 40 heavy (non-hydrogen) atoms. The summed E-state index contributed by atoms with van der Waals surface area (Å²) in [5, 5.41) is 9.37. The molecule has 0 aliphatic heterocycles. The van der Waals surface area contributed by atoms with Crippen molar-refractivity contribution in [3.05, 3.63) is 59.2 Å². The third-order valence-corrected chi connectivity index (χ3v) is 7.54. The summed E-state index contributed by atoms with van der Waals surface area (Å²) < 4.78 is 46.7. The zero-order valence-corrected chi connectivity index (χ0v) is 25.1. The van der Waals surface area contributed by atoms with E-state index in [-0.39, 0.29) is 11.5 Å². The van der Waals surface area contributed by atoms with Gasteiger partial charge in [-0.1, -0.05) is 44.9 Å². The number of methoxy groups -OCH3 is 1. The number of carboxylic acid groups (broad SMARTS) is 1. The van der Waals surface area contributed by atoms with Gasteiger partial charge in [0.1, 0.15) is 5.75 Å². The Labute approximate surface area is 239 Å². The smallest absolute Gasteiger partial charge is 0.328 e. The molecule has 0 aromatic heterocycles. The first kappa shape index (κ1) is 33.2. The fourth-order valence-corrected chi connectivity index (χ4v) is 5.25. The number of hydrogen-bond donors (Lipinski definition) is 1. The average molecular weight is 577 g/mol. The molecule has 0 saturated carbocycles. The van der Waals surface area contributed by atoms with Crippen LogP contribution in [0.3, 0.4) is 0 Å². The van der Waals surface area contributed by atoms with Crippen LogP contribution in [-0.4, -0.2) is 52.2 Å². The number of hydrogen-bond acceptors (Lipinski definition) is 7. The van der Waals surface area contributed by atoms with E-state index in [1.165, 1.54) is 13.2 Å². The molecule has 0 aliphatic carbocycles. The second-order valence-electron chi connectivity index (χ2n) is 9.52. The molecule has 2 aromatic carbocycles. The van der Waals surface area contributed by atoms with Gasteiger partial charge in [-0.15, -0.1) is 0 Å². The van der Waals surface area contributed by atoms with Crippen LogP contribution in [0.25, 0.3) is 5.57 Å². The first-order valence-electron chi connectivity index (χ1n) is 14.1. The van der Waals surface area contributed by atoms with Crippen molar-refractivity contribution in [2.24, 2.45) is 0 Å². The van der Waals surface area contributed by atoms with Gasteiger partial charge in [-0.2, -0.15) is 8.42 Å². The van der Waals surface area contributed by atoms with Gasteiger partial charge in [0.2, 0.25) is 0 Å². The molecule has 2 aromatic rings. The zero-order chi connectivity index (χ0) is 29.4. The predicted octanol–water partition coefficient (Wildman–Crippen LogP) is 6.45. The van der Waals surface area contributed by atoms with Crippen molar-refractivity contribution in [2.45, 2.75) is 72.1 Å². The molecule has 0 spiro atoms. The minimum absolute atomic E-state index is 0.0318. The predicted molar refractivity (Wildman–Crippen MR) is 158 cm³/mol. The third kappa shape index (κ3) is 11.6. The summed E-state index contributed by atoms with van der Waals surface area (Å²) in [4.78, 5) is 11.4. The maximum Gasteiger partial charge on any atom is 0.328 e. The quantitative estimate of drug-likeness (QED) is 0.109. The van der Waals surface area contributed by atoms with Crippen molar-refractivity contribution < 1.29 is 36.7 Å². The second kappa shape index (κ2) is 17.6. The Morgan fingerprint density at radius 1 is 0.900 bits per heavy atom. The molecular weight excluding hydrogens is 532 g/mol.